The number of thioether (sulfide) groups is 1. The zero-order chi connectivity index (χ0) is 24.7. The van der Waals surface area contributed by atoms with E-state index in [1.165, 1.54) is 5.56 Å². The summed E-state index contributed by atoms with van der Waals surface area (Å²) in [4.78, 5) is 41.8. The number of hydrogen-bond donors (Lipinski definition) is 0. The number of aryl methyl sites for hydroxylation is 1. The molecular formula is C27H24IN3O3S. The van der Waals surface area contributed by atoms with Crippen LogP contribution in [-0.2, 0) is 22.6 Å². The maximum Gasteiger partial charge on any atom is 0.294 e. The number of carbonyl (C=O) groups is 3. The van der Waals surface area contributed by atoms with Crippen LogP contribution in [0, 0.1) is 17.4 Å². The summed E-state index contributed by atoms with van der Waals surface area (Å²) >= 11 is 3.17. The predicted molar refractivity (Wildman–Crippen MR) is 146 cm³/mol. The van der Waals surface area contributed by atoms with E-state index in [4.69, 9.17) is 0 Å². The molecule has 0 N–H and O–H groups in total. The van der Waals surface area contributed by atoms with Gasteiger partial charge in [-0.25, -0.2) is 0 Å². The van der Waals surface area contributed by atoms with Gasteiger partial charge in [-0.05, 0) is 108 Å². The maximum absolute atomic E-state index is 13.1. The number of halogens is 1. The average Bonchev–Trinajstić information content (AvgIpc) is 3.28. The minimum absolute atomic E-state index is 0.208. The summed E-state index contributed by atoms with van der Waals surface area (Å²) in [6.45, 7) is 4.88. The van der Waals surface area contributed by atoms with Crippen molar-refractivity contribution in [1.29, 1.82) is 0 Å². The molecule has 6 nitrogen and oxygen atoms in total. The molecule has 3 heterocycles. The molecule has 2 aliphatic rings. The normalized spacial score (nSPS) is 16.8. The number of fused-ring (bicyclic) bond motifs is 1. The molecule has 8 heteroatoms. The van der Waals surface area contributed by atoms with Crippen LogP contribution in [0.4, 0.5) is 4.79 Å². The van der Waals surface area contributed by atoms with Crippen molar-refractivity contribution in [2.75, 3.05) is 13.1 Å². The first-order valence-electron chi connectivity index (χ1n) is 11.4. The lowest BCUT2D eigenvalue weighted by molar-refractivity contribution is -0.136. The molecule has 2 aromatic carbocycles. The third kappa shape index (κ3) is 4.69. The highest BCUT2D eigenvalue weighted by atomic mass is 127. The molecule has 5 rings (SSSR count). The highest BCUT2D eigenvalue weighted by Crippen LogP contribution is 2.34. The quantitative estimate of drug-likeness (QED) is 0.302. The fourth-order valence-corrected chi connectivity index (χ4v) is 5.83. The monoisotopic (exact) mass is 597 g/mol. The van der Waals surface area contributed by atoms with E-state index in [9.17, 15) is 14.4 Å². The number of imide groups is 1. The van der Waals surface area contributed by atoms with Gasteiger partial charge >= 0.3 is 0 Å². The van der Waals surface area contributed by atoms with Gasteiger partial charge in [-0.1, -0.05) is 24.3 Å². The molecule has 3 aromatic rings. The molecule has 3 amide bonds. The molecule has 0 spiro atoms. The van der Waals surface area contributed by atoms with Crippen LogP contribution in [-0.4, -0.2) is 44.5 Å². The third-order valence-electron chi connectivity index (χ3n) is 6.49. The van der Waals surface area contributed by atoms with Crippen molar-refractivity contribution in [3.8, 4) is 5.69 Å². The number of aromatic nitrogens is 1. The summed E-state index contributed by atoms with van der Waals surface area (Å²) < 4.78 is 3.29. The number of rotatable bonds is 4. The summed E-state index contributed by atoms with van der Waals surface area (Å²) in [7, 11) is 0. The highest BCUT2D eigenvalue weighted by Gasteiger charge is 2.37. The summed E-state index contributed by atoms with van der Waals surface area (Å²) in [5.74, 6) is -0.621. The van der Waals surface area contributed by atoms with Gasteiger partial charge in [-0.2, -0.15) is 0 Å². The average molecular weight is 597 g/mol. The molecule has 1 aromatic heterocycles. The SMILES string of the molecule is Cc1cc(/C=C2/SC(=O)N(CC(=O)N3CCc4ccccc4C3)C2=O)c(C)n1-c1ccc(I)cc1. The standard InChI is InChI=1S/C27H24IN3O3S/c1-17-13-21(18(2)31(17)23-9-7-22(28)8-10-23)14-24-26(33)30(27(34)35-24)16-25(32)29-12-11-19-5-3-4-6-20(19)15-29/h3-10,13-14H,11-12,15-16H2,1-2H3/b24-14+. The fourth-order valence-electron chi connectivity index (χ4n) is 4.64. The topological polar surface area (TPSA) is 62.6 Å². The Morgan fingerprint density at radius 3 is 2.51 bits per heavy atom. The van der Waals surface area contributed by atoms with Gasteiger partial charge in [0.05, 0.1) is 4.91 Å². The third-order valence-corrected chi connectivity index (χ3v) is 8.12. The van der Waals surface area contributed by atoms with Gasteiger partial charge in [0.2, 0.25) is 5.91 Å². The van der Waals surface area contributed by atoms with Crippen molar-refractivity contribution in [1.82, 2.24) is 14.4 Å². The molecule has 0 atom stereocenters. The predicted octanol–water partition coefficient (Wildman–Crippen LogP) is 5.32. The van der Waals surface area contributed by atoms with Crippen molar-refractivity contribution in [2.45, 2.75) is 26.8 Å². The molecular weight excluding hydrogens is 573 g/mol. The molecule has 0 aliphatic carbocycles. The zero-order valence-corrected chi connectivity index (χ0v) is 22.4. The van der Waals surface area contributed by atoms with Crippen LogP contribution in [0.25, 0.3) is 11.8 Å². The second kappa shape index (κ2) is 9.66. The van der Waals surface area contributed by atoms with Crippen LogP contribution in [0.5, 0.6) is 0 Å². The van der Waals surface area contributed by atoms with Gasteiger partial charge in [0.1, 0.15) is 6.54 Å². The Morgan fingerprint density at radius 2 is 1.77 bits per heavy atom. The second-order valence-electron chi connectivity index (χ2n) is 8.74. The summed E-state index contributed by atoms with van der Waals surface area (Å²) in [5.41, 5.74) is 6.30. The van der Waals surface area contributed by atoms with E-state index in [0.29, 0.717) is 18.0 Å². The Labute approximate surface area is 222 Å². The smallest absolute Gasteiger partial charge is 0.294 e. The molecule has 178 valence electrons. The van der Waals surface area contributed by atoms with Gasteiger partial charge in [-0.3, -0.25) is 19.3 Å². The Hall–Kier alpha value is -2.85. The molecule has 1 saturated heterocycles. The number of nitrogens with zero attached hydrogens (tertiary/aromatic N) is 3. The molecule has 2 aliphatic heterocycles. The van der Waals surface area contributed by atoms with E-state index in [1.54, 1.807) is 11.0 Å². The Bertz CT molecular complexity index is 1380. The van der Waals surface area contributed by atoms with E-state index in [1.807, 2.05) is 38.1 Å². The highest BCUT2D eigenvalue weighted by molar-refractivity contribution is 14.1. The lowest BCUT2D eigenvalue weighted by atomic mass is 10.00. The lowest BCUT2D eigenvalue weighted by Gasteiger charge is -2.29. The molecule has 0 bridgehead atoms. The second-order valence-corrected chi connectivity index (χ2v) is 11.0. The number of hydrogen-bond acceptors (Lipinski definition) is 4. The molecule has 35 heavy (non-hydrogen) atoms. The zero-order valence-electron chi connectivity index (χ0n) is 19.5. The van der Waals surface area contributed by atoms with E-state index >= 15 is 0 Å². The van der Waals surface area contributed by atoms with Crippen molar-refractivity contribution in [3.05, 3.63) is 91.2 Å². The molecule has 0 saturated carbocycles. The van der Waals surface area contributed by atoms with Crippen LogP contribution < -0.4 is 0 Å². The number of carbonyl (C=O) groups excluding carboxylic acids is 3. The summed E-state index contributed by atoms with van der Waals surface area (Å²) in [5, 5.41) is -0.404. The van der Waals surface area contributed by atoms with Gasteiger partial charge in [0.25, 0.3) is 11.1 Å². The van der Waals surface area contributed by atoms with Crippen molar-refractivity contribution >= 4 is 57.5 Å². The van der Waals surface area contributed by atoms with Crippen LogP contribution >= 0.6 is 34.4 Å². The maximum atomic E-state index is 13.1. The molecule has 0 radical (unpaired) electrons. The fraction of sp³-hybridized carbons (Fsp3) is 0.222. The van der Waals surface area contributed by atoms with Gasteiger partial charge in [0, 0.05) is 33.7 Å². The number of amides is 3. The van der Waals surface area contributed by atoms with Crippen molar-refractivity contribution in [2.24, 2.45) is 0 Å². The first kappa shape index (κ1) is 23.9. The molecule has 0 unspecified atom stereocenters. The van der Waals surface area contributed by atoms with Gasteiger partial charge in [0.15, 0.2) is 0 Å². The van der Waals surface area contributed by atoms with E-state index in [2.05, 4.69) is 57.5 Å². The minimum Gasteiger partial charge on any atom is -0.336 e. The first-order chi connectivity index (χ1) is 16.8. The van der Waals surface area contributed by atoms with Crippen LogP contribution in [0.15, 0.2) is 59.5 Å². The van der Waals surface area contributed by atoms with Gasteiger partial charge < -0.3 is 9.47 Å². The van der Waals surface area contributed by atoms with Crippen LogP contribution in [0.2, 0.25) is 0 Å². The van der Waals surface area contributed by atoms with Crippen molar-refractivity contribution in [3.63, 3.8) is 0 Å². The van der Waals surface area contributed by atoms with E-state index in [-0.39, 0.29) is 12.5 Å². The Kier molecular flexibility index (Phi) is 6.59. The van der Waals surface area contributed by atoms with Gasteiger partial charge in [-0.15, -0.1) is 0 Å². The Balaban J connectivity index is 1.33. The first-order valence-corrected chi connectivity index (χ1v) is 13.3. The largest absolute Gasteiger partial charge is 0.336 e. The molecule has 1 fully saturated rings. The Morgan fingerprint density at radius 1 is 1.06 bits per heavy atom. The van der Waals surface area contributed by atoms with Crippen LogP contribution in [0.3, 0.4) is 0 Å². The van der Waals surface area contributed by atoms with Crippen LogP contribution in [0.1, 0.15) is 28.1 Å². The minimum atomic E-state index is -0.412. The summed E-state index contributed by atoms with van der Waals surface area (Å²) in [6, 6.07) is 18.3. The number of benzene rings is 2. The van der Waals surface area contributed by atoms with Crippen molar-refractivity contribution < 1.29 is 14.4 Å². The van der Waals surface area contributed by atoms with E-state index in [0.717, 1.165) is 54.9 Å². The van der Waals surface area contributed by atoms with E-state index < -0.39 is 11.1 Å². The lowest BCUT2D eigenvalue weighted by Crippen LogP contribution is -2.44. The summed E-state index contributed by atoms with van der Waals surface area (Å²) in [6.07, 6.45) is 2.54.